The van der Waals surface area contributed by atoms with E-state index in [0.29, 0.717) is 12.8 Å². The molecule has 0 aliphatic carbocycles. The van der Waals surface area contributed by atoms with E-state index in [0.717, 1.165) is 47.3 Å². The highest BCUT2D eigenvalue weighted by molar-refractivity contribution is 8.77. The Labute approximate surface area is 208 Å². The van der Waals surface area contributed by atoms with Gasteiger partial charge in [0.05, 0.1) is 0 Å². The molecular formula is C24H34O4S4. The first-order valence-electron chi connectivity index (χ1n) is 11.7. The van der Waals surface area contributed by atoms with Gasteiger partial charge in [-0.15, -0.1) is 0 Å². The molecule has 1 aromatic carbocycles. The minimum Gasteiger partial charge on any atom is -0.461 e. The standard InChI is InChI=1S/C24H34O4S4/c25-23(11-5-3-9-21-13-15-29-31-21)27-17-19-7-1-2-8-20(19)18-28-24(26)12-6-4-10-22-14-16-30-32-22/h1-2,7-8,21-22H,3-6,9-18H2. The molecule has 0 aromatic heterocycles. The van der Waals surface area contributed by atoms with Crippen molar-refractivity contribution < 1.29 is 19.1 Å². The lowest BCUT2D eigenvalue weighted by atomic mass is 10.1. The van der Waals surface area contributed by atoms with Gasteiger partial charge in [0.25, 0.3) is 0 Å². The van der Waals surface area contributed by atoms with E-state index in [-0.39, 0.29) is 25.2 Å². The first-order chi connectivity index (χ1) is 15.7. The summed E-state index contributed by atoms with van der Waals surface area (Å²) in [5.41, 5.74) is 1.81. The lowest BCUT2D eigenvalue weighted by molar-refractivity contribution is -0.146. The molecule has 0 N–H and O–H groups in total. The molecule has 2 saturated heterocycles. The molecule has 0 radical (unpaired) electrons. The lowest BCUT2D eigenvalue weighted by Crippen LogP contribution is -2.09. The van der Waals surface area contributed by atoms with Crippen LogP contribution in [0.1, 0.15) is 75.3 Å². The largest absolute Gasteiger partial charge is 0.461 e. The van der Waals surface area contributed by atoms with E-state index >= 15 is 0 Å². The topological polar surface area (TPSA) is 52.6 Å². The van der Waals surface area contributed by atoms with Crippen molar-refractivity contribution in [1.82, 2.24) is 0 Å². The quantitative estimate of drug-likeness (QED) is 0.147. The predicted molar refractivity (Wildman–Crippen MR) is 140 cm³/mol. The van der Waals surface area contributed by atoms with E-state index in [1.165, 1.54) is 37.2 Å². The van der Waals surface area contributed by atoms with Gasteiger partial charge in [0, 0.05) is 34.8 Å². The summed E-state index contributed by atoms with van der Waals surface area (Å²) in [4.78, 5) is 24.2. The molecule has 2 unspecified atom stereocenters. The van der Waals surface area contributed by atoms with Crippen LogP contribution < -0.4 is 0 Å². The zero-order chi connectivity index (χ0) is 22.4. The molecule has 0 bridgehead atoms. The lowest BCUT2D eigenvalue weighted by Gasteiger charge is -2.12. The van der Waals surface area contributed by atoms with E-state index in [9.17, 15) is 9.59 Å². The summed E-state index contributed by atoms with van der Waals surface area (Å²) >= 11 is 0. The highest BCUT2D eigenvalue weighted by atomic mass is 33.1. The van der Waals surface area contributed by atoms with Crippen molar-refractivity contribution in [3.63, 3.8) is 0 Å². The molecule has 8 heteroatoms. The number of carbonyl (C=O) groups excluding carboxylic acids is 2. The molecular weight excluding hydrogens is 481 g/mol. The summed E-state index contributed by atoms with van der Waals surface area (Å²) in [6, 6.07) is 7.71. The first-order valence-corrected chi connectivity index (χ1v) is 16.4. The SMILES string of the molecule is O=C(CCCCC1CCSS1)OCc1ccccc1COC(=O)CCCCC1CCSS1. The summed E-state index contributed by atoms with van der Waals surface area (Å²) < 4.78 is 11.0. The number of hydrogen-bond acceptors (Lipinski definition) is 8. The van der Waals surface area contributed by atoms with Crippen LogP contribution in [-0.2, 0) is 32.3 Å². The van der Waals surface area contributed by atoms with Crippen LogP contribution in [0.15, 0.2) is 24.3 Å². The minimum absolute atomic E-state index is 0.149. The van der Waals surface area contributed by atoms with Gasteiger partial charge in [-0.05, 0) is 49.7 Å². The molecule has 2 aliphatic rings. The number of rotatable bonds is 14. The second-order valence-corrected chi connectivity index (χ2v) is 13.8. The van der Waals surface area contributed by atoms with Gasteiger partial charge < -0.3 is 9.47 Å². The highest BCUT2D eigenvalue weighted by Gasteiger charge is 2.17. The van der Waals surface area contributed by atoms with Crippen molar-refractivity contribution in [1.29, 1.82) is 0 Å². The summed E-state index contributed by atoms with van der Waals surface area (Å²) in [7, 11) is 7.90. The van der Waals surface area contributed by atoms with Crippen LogP contribution in [0, 0.1) is 0 Å². The fourth-order valence-electron chi connectivity index (χ4n) is 3.71. The highest BCUT2D eigenvalue weighted by Crippen LogP contribution is 2.40. The average Bonchev–Trinajstić information content (AvgIpc) is 3.52. The minimum atomic E-state index is -0.149. The predicted octanol–water partition coefficient (Wildman–Crippen LogP) is 7.20. The summed E-state index contributed by atoms with van der Waals surface area (Å²) in [5.74, 6) is 2.21. The molecule has 4 nitrogen and oxygen atoms in total. The molecule has 1 aromatic rings. The van der Waals surface area contributed by atoms with Crippen LogP contribution in [0.25, 0.3) is 0 Å². The molecule has 2 fully saturated rings. The maximum Gasteiger partial charge on any atom is 0.306 e. The number of ether oxygens (including phenoxy) is 2. The maximum atomic E-state index is 12.1. The Balaban J connectivity index is 1.28. The Kier molecular flexibility index (Phi) is 12.6. The third-order valence-electron chi connectivity index (χ3n) is 5.66. The van der Waals surface area contributed by atoms with Crippen molar-refractivity contribution >= 4 is 55.1 Å². The number of benzene rings is 1. The van der Waals surface area contributed by atoms with Gasteiger partial charge >= 0.3 is 11.9 Å². The Hall–Kier alpha value is -0.440. The van der Waals surface area contributed by atoms with Gasteiger partial charge in [-0.3, -0.25) is 9.59 Å². The number of esters is 2. The van der Waals surface area contributed by atoms with Gasteiger partial charge in [0.1, 0.15) is 13.2 Å². The zero-order valence-corrected chi connectivity index (χ0v) is 21.9. The molecule has 0 amide bonds. The zero-order valence-electron chi connectivity index (χ0n) is 18.6. The number of unbranched alkanes of at least 4 members (excludes halogenated alkanes) is 2. The van der Waals surface area contributed by atoms with Gasteiger partial charge in [-0.25, -0.2) is 0 Å². The van der Waals surface area contributed by atoms with Gasteiger partial charge in [-0.1, -0.05) is 80.3 Å². The van der Waals surface area contributed by atoms with Gasteiger partial charge in [-0.2, -0.15) is 0 Å². The van der Waals surface area contributed by atoms with Crippen LogP contribution in [0.5, 0.6) is 0 Å². The molecule has 3 rings (SSSR count). The molecule has 32 heavy (non-hydrogen) atoms. The van der Waals surface area contributed by atoms with Crippen molar-refractivity contribution in [2.24, 2.45) is 0 Å². The van der Waals surface area contributed by atoms with Crippen LogP contribution in [-0.4, -0.2) is 33.9 Å². The second-order valence-electron chi connectivity index (χ2n) is 8.24. The van der Waals surface area contributed by atoms with Crippen LogP contribution in [0.2, 0.25) is 0 Å². The van der Waals surface area contributed by atoms with Gasteiger partial charge in [0.15, 0.2) is 0 Å². The van der Waals surface area contributed by atoms with Crippen LogP contribution in [0.3, 0.4) is 0 Å². The number of hydrogen-bond donors (Lipinski definition) is 0. The third kappa shape index (κ3) is 10.2. The Morgan fingerprint density at radius 3 is 1.62 bits per heavy atom. The summed E-state index contributed by atoms with van der Waals surface area (Å²) in [5, 5.41) is 1.52. The average molecular weight is 515 g/mol. The van der Waals surface area contributed by atoms with Crippen molar-refractivity contribution in [3.8, 4) is 0 Å². The first kappa shape index (κ1) is 26.2. The fraction of sp³-hybridized carbons (Fsp3) is 0.667. The Morgan fingerprint density at radius 1 is 0.750 bits per heavy atom. The van der Waals surface area contributed by atoms with Gasteiger partial charge in [0.2, 0.25) is 0 Å². The monoisotopic (exact) mass is 514 g/mol. The molecule has 2 heterocycles. The van der Waals surface area contributed by atoms with Crippen LogP contribution >= 0.6 is 43.2 Å². The van der Waals surface area contributed by atoms with Crippen molar-refractivity contribution in [3.05, 3.63) is 35.4 Å². The number of carbonyl (C=O) groups is 2. The fourth-order valence-corrected chi connectivity index (χ4v) is 9.77. The molecule has 178 valence electrons. The van der Waals surface area contributed by atoms with Crippen molar-refractivity contribution in [2.45, 2.75) is 87.9 Å². The normalized spacial score (nSPS) is 20.4. The van der Waals surface area contributed by atoms with E-state index in [4.69, 9.17) is 9.47 Å². The second kappa shape index (κ2) is 15.5. The summed E-state index contributed by atoms with van der Waals surface area (Å²) in [6.07, 6.45) is 9.85. The van der Waals surface area contributed by atoms with E-state index in [1.54, 1.807) is 0 Å². The van der Waals surface area contributed by atoms with Crippen LogP contribution in [0.4, 0.5) is 0 Å². The Morgan fingerprint density at radius 2 is 1.22 bits per heavy atom. The molecule has 2 atom stereocenters. The van der Waals surface area contributed by atoms with E-state index < -0.39 is 0 Å². The summed E-state index contributed by atoms with van der Waals surface area (Å²) in [6.45, 7) is 0.470. The van der Waals surface area contributed by atoms with Crippen molar-refractivity contribution in [2.75, 3.05) is 11.5 Å². The Bertz CT molecular complexity index is 644. The third-order valence-corrected chi connectivity index (χ3v) is 11.7. The molecule has 2 aliphatic heterocycles. The van der Waals surface area contributed by atoms with E-state index in [2.05, 4.69) is 0 Å². The maximum absolute atomic E-state index is 12.1. The van der Waals surface area contributed by atoms with E-state index in [1.807, 2.05) is 67.4 Å². The molecule has 0 spiro atoms. The molecule has 0 saturated carbocycles. The smallest absolute Gasteiger partial charge is 0.306 e.